The van der Waals surface area contributed by atoms with Crippen LogP contribution >= 0.6 is 0 Å². The summed E-state index contributed by atoms with van der Waals surface area (Å²) in [4.78, 5) is 12.3. The molecule has 0 radical (unpaired) electrons. The molecule has 0 aromatic carbocycles. The van der Waals surface area contributed by atoms with Crippen LogP contribution in [0.25, 0.3) is 0 Å². The number of carbonyl (C=O) groups excluding carboxylic acids is 1. The van der Waals surface area contributed by atoms with Gasteiger partial charge in [0.15, 0.2) is 0 Å². The number of nitrogens with one attached hydrogen (secondary N) is 2. The largest absolute Gasteiger partial charge is 0.444 e. The van der Waals surface area contributed by atoms with Gasteiger partial charge in [-0.3, -0.25) is 10.1 Å². The number of aliphatic hydroxyl groups is 1. The molecule has 2 atom stereocenters. The van der Waals surface area contributed by atoms with Crippen LogP contribution in [0.15, 0.2) is 4.42 Å². The first kappa shape index (κ1) is 19.5. The Morgan fingerprint density at radius 2 is 2.08 bits per heavy atom. The first-order valence-corrected chi connectivity index (χ1v) is 8.77. The summed E-state index contributed by atoms with van der Waals surface area (Å²) in [5, 5.41) is 25.1. The van der Waals surface area contributed by atoms with E-state index < -0.39 is 5.54 Å². The van der Waals surface area contributed by atoms with Crippen molar-refractivity contribution >= 4 is 11.8 Å². The molecule has 6 heteroatoms. The van der Waals surface area contributed by atoms with E-state index >= 15 is 0 Å². The van der Waals surface area contributed by atoms with Gasteiger partial charge in [0.25, 0.3) is 0 Å². The Hall–Kier alpha value is -1.84. The molecule has 1 saturated carbocycles. The van der Waals surface area contributed by atoms with Crippen molar-refractivity contribution in [3.63, 3.8) is 0 Å². The summed E-state index contributed by atoms with van der Waals surface area (Å²) in [6.07, 6.45) is 2.76. The fourth-order valence-electron chi connectivity index (χ4n) is 4.34. The second-order valence-corrected chi connectivity index (χ2v) is 8.29. The van der Waals surface area contributed by atoms with Gasteiger partial charge in [0.2, 0.25) is 11.8 Å². The summed E-state index contributed by atoms with van der Waals surface area (Å²) < 4.78 is 5.47. The van der Waals surface area contributed by atoms with Crippen LogP contribution in [0.2, 0.25) is 0 Å². The van der Waals surface area contributed by atoms with E-state index in [2.05, 4.69) is 37.5 Å². The van der Waals surface area contributed by atoms with Crippen LogP contribution in [0.3, 0.4) is 0 Å². The zero-order valence-corrected chi connectivity index (χ0v) is 15.8. The van der Waals surface area contributed by atoms with E-state index in [0.717, 1.165) is 24.8 Å². The highest BCUT2D eigenvalue weighted by molar-refractivity contribution is 5.92. The van der Waals surface area contributed by atoms with Gasteiger partial charge >= 0.3 is 0 Å². The Balaban J connectivity index is 2.04. The zero-order valence-electron chi connectivity index (χ0n) is 15.8. The van der Waals surface area contributed by atoms with Crippen molar-refractivity contribution in [3.05, 3.63) is 16.9 Å². The minimum atomic E-state index is -0.453. The summed E-state index contributed by atoms with van der Waals surface area (Å²) in [6.45, 7) is 10.2. The van der Waals surface area contributed by atoms with Gasteiger partial charge in [-0.2, -0.15) is 5.26 Å². The van der Waals surface area contributed by atoms with Crippen LogP contribution in [0.5, 0.6) is 0 Å². The molecule has 0 bridgehead atoms. The lowest BCUT2D eigenvalue weighted by molar-refractivity contribution is -0.116. The van der Waals surface area contributed by atoms with Gasteiger partial charge in [-0.1, -0.05) is 20.8 Å². The predicted molar refractivity (Wildman–Crippen MR) is 96.1 cm³/mol. The molecule has 0 aliphatic heterocycles. The Labute approximate surface area is 149 Å². The van der Waals surface area contributed by atoms with Crippen LogP contribution < -0.4 is 10.6 Å². The smallest absolute Gasteiger partial charge is 0.240 e. The fraction of sp³-hybridized carbons (Fsp3) is 0.684. The molecule has 2 unspecified atom stereocenters. The normalized spacial score (nSPS) is 25.4. The van der Waals surface area contributed by atoms with E-state index in [1.807, 2.05) is 0 Å². The third-order valence-corrected chi connectivity index (χ3v) is 5.13. The zero-order chi connectivity index (χ0) is 18.8. The average Bonchev–Trinajstić information content (AvgIpc) is 2.77. The van der Waals surface area contributed by atoms with Crippen LogP contribution in [-0.4, -0.2) is 29.7 Å². The summed E-state index contributed by atoms with van der Waals surface area (Å²) in [6, 6.07) is 2.06. The molecule has 2 rings (SSSR count). The molecular weight excluding hydrogens is 318 g/mol. The number of hydrogen-bond donors (Lipinski definition) is 3. The molecule has 138 valence electrons. The molecule has 1 aromatic heterocycles. The van der Waals surface area contributed by atoms with Gasteiger partial charge in [-0.05, 0) is 44.4 Å². The van der Waals surface area contributed by atoms with Gasteiger partial charge < -0.3 is 14.8 Å². The number of anilines is 1. The molecule has 1 aliphatic rings. The Bertz CT molecular complexity index is 687. The van der Waals surface area contributed by atoms with Gasteiger partial charge in [-0.15, -0.1) is 0 Å². The second-order valence-electron chi connectivity index (χ2n) is 8.29. The van der Waals surface area contributed by atoms with Crippen molar-refractivity contribution in [2.24, 2.45) is 11.3 Å². The van der Waals surface area contributed by atoms with Crippen LogP contribution in [0.4, 0.5) is 5.88 Å². The SMILES string of the molecule is Cc1oc(NC(=O)CNC2(CO)CC(C)CC(C)(C)C2)c(C#N)c1C. The Morgan fingerprint density at radius 3 is 2.64 bits per heavy atom. The molecule has 1 heterocycles. The van der Waals surface area contributed by atoms with Crippen molar-refractivity contribution in [1.29, 1.82) is 5.26 Å². The molecule has 1 aromatic rings. The highest BCUT2D eigenvalue weighted by atomic mass is 16.4. The monoisotopic (exact) mass is 347 g/mol. The predicted octanol–water partition coefficient (Wildman–Crippen LogP) is 2.87. The van der Waals surface area contributed by atoms with E-state index in [9.17, 15) is 15.2 Å². The maximum Gasteiger partial charge on any atom is 0.240 e. The lowest BCUT2D eigenvalue weighted by atomic mass is 9.64. The lowest BCUT2D eigenvalue weighted by Gasteiger charge is -2.47. The number of aryl methyl sites for hydroxylation is 1. The Morgan fingerprint density at radius 1 is 1.40 bits per heavy atom. The van der Waals surface area contributed by atoms with Crippen molar-refractivity contribution < 1.29 is 14.3 Å². The Kier molecular flexibility index (Phi) is 5.60. The number of hydrogen-bond acceptors (Lipinski definition) is 5. The van der Waals surface area contributed by atoms with Crippen LogP contribution in [0.1, 0.15) is 56.9 Å². The minimum absolute atomic E-state index is 0.00351. The van der Waals surface area contributed by atoms with Gasteiger partial charge in [-0.25, -0.2) is 0 Å². The van der Waals surface area contributed by atoms with E-state index in [4.69, 9.17) is 4.42 Å². The lowest BCUT2D eigenvalue weighted by Crippen LogP contribution is -2.56. The van der Waals surface area contributed by atoms with Gasteiger partial charge in [0.05, 0.1) is 13.2 Å². The summed E-state index contributed by atoms with van der Waals surface area (Å²) >= 11 is 0. The summed E-state index contributed by atoms with van der Waals surface area (Å²) in [7, 11) is 0. The highest BCUT2D eigenvalue weighted by Gasteiger charge is 2.42. The van der Waals surface area contributed by atoms with Crippen molar-refractivity contribution in [2.45, 2.75) is 59.4 Å². The van der Waals surface area contributed by atoms with E-state index in [-0.39, 0.29) is 30.4 Å². The topological polar surface area (TPSA) is 98.3 Å². The number of furan rings is 1. The third-order valence-electron chi connectivity index (χ3n) is 5.13. The first-order chi connectivity index (χ1) is 11.6. The van der Waals surface area contributed by atoms with E-state index in [1.165, 1.54) is 0 Å². The highest BCUT2D eigenvalue weighted by Crippen LogP contribution is 2.43. The molecule has 1 amide bonds. The number of nitriles is 1. The maximum atomic E-state index is 12.3. The van der Waals surface area contributed by atoms with Crippen molar-refractivity contribution in [3.8, 4) is 6.07 Å². The number of aliphatic hydroxyl groups excluding tert-OH is 1. The standard InChI is InChI=1S/C19H29N3O3/c1-12-6-18(4,5)10-19(7-12,11-23)21-9-16(24)22-17-15(8-20)13(2)14(3)25-17/h12,21,23H,6-7,9-11H2,1-5H3,(H,22,24). The second kappa shape index (κ2) is 7.19. The molecule has 25 heavy (non-hydrogen) atoms. The molecule has 6 nitrogen and oxygen atoms in total. The molecule has 0 saturated heterocycles. The molecular formula is C19H29N3O3. The maximum absolute atomic E-state index is 12.3. The average molecular weight is 347 g/mol. The minimum Gasteiger partial charge on any atom is -0.444 e. The molecule has 3 N–H and O–H groups in total. The number of nitrogens with zero attached hydrogens (tertiary/aromatic N) is 1. The van der Waals surface area contributed by atoms with E-state index in [0.29, 0.717) is 17.2 Å². The third kappa shape index (κ3) is 4.42. The van der Waals surface area contributed by atoms with Gasteiger partial charge in [0, 0.05) is 11.1 Å². The van der Waals surface area contributed by atoms with Gasteiger partial charge in [0.1, 0.15) is 17.4 Å². The van der Waals surface area contributed by atoms with Crippen LogP contribution in [-0.2, 0) is 4.79 Å². The summed E-state index contributed by atoms with van der Waals surface area (Å²) in [5.74, 6) is 1.01. The van der Waals surface area contributed by atoms with E-state index in [1.54, 1.807) is 13.8 Å². The number of amides is 1. The molecule has 1 aliphatic carbocycles. The van der Waals surface area contributed by atoms with Crippen molar-refractivity contribution in [2.75, 3.05) is 18.5 Å². The molecule has 0 spiro atoms. The fourth-order valence-corrected chi connectivity index (χ4v) is 4.34. The molecule has 1 fully saturated rings. The quantitative estimate of drug-likeness (QED) is 0.761. The number of rotatable bonds is 5. The van der Waals surface area contributed by atoms with Crippen molar-refractivity contribution in [1.82, 2.24) is 5.32 Å². The summed E-state index contributed by atoms with van der Waals surface area (Å²) in [5.41, 5.74) is 0.758. The first-order valence-electron chi connectivity index (χ1n) is 8.77. The number of carbonyl (C=O) groups is 1. The van der Waals surface area contributed by atoms with Crippen LogP contribution in [0, 0.1) is 36.5 Å².